The predicted octanol–water partition coefficient (Wildman–Crippen LogP) is -0.314. The van der Waals surface area contributed by atoms with E-state index in [9.17, 15) is 4.79 Å². The zero-order chi connectivity index (χ0) is 9.31. The van der Waals surface area contributed by atoms with Crippen molar-refractivity contribution < 1.29 is 19.0 Å². The highest BCUT2D eigenvalue weighted by molar-refractivity contribution is 5.85. The average molecular weight is 224 g/mol. The highest BCUT2D eigenvalue weighted by atomic mass is 35.5. The molecule has 2 rings (SSSR count). The number of nitrogens with one attached hydrogen (secondary N) is 1. The molecule has 1 N–H and O–H groups in total. The molecule has 0 aromatic carbocycles. The van der Waals surface area contributed by atoms with Gasteiger partial charge < -0.3 is 14.2 Å². The first-order chi connectivity index (χ1) is 6.26. The molecule has 0 bridgehead atoms. The third-order valence-electron chi connectivity index (χ3n) is 2.43. The highest BCUT2D eigenvalue weighted by Gasteiger charge is 2.46. The fourth-order valence-corrected chi connectivity index (χ4v) is 1.76. The standard InChI is InChI=1S/C8H13NO4.ClH/c1-11-7(10)6-4-8(5-9-6)12-2-3-13-8;/h6,9H,2-5H2,1H3;1H. The van der Waals surface area contributed by atoms with Gasteiger partial charge in [-0.3, -0.25) is 10.1 Å². The highest BCUT2D eigenvalue weighted by Crippen LogP contribution is 2.29. The molecular formula is C8H14ClNO4. The van der Waals surface area contributed by atoms with Gasteiger partial charge in [0.05, 0.1) is 26.9 Å². The molecule has 0 aromatic heterocycles. The first-order valence-corrected chi connectivity index (χ1v) is 4.35. The second-order valence-corrected chi connectivity index (χ2v) is 3.27. The molecule has 1 unspecified atom stereocenters. The van der Waals surface area contributed by atoms with Crippen LogP contribution in [0.1, 0.15) is 6.42 Å². The van der Waals surface area contributed by atoms with E-state index in [1.165, 1.54) is 7.11 Å². The van der Waals surface area contributed by atoms with Crippen LogP contribution in [0.3, 0.4) is 0 Å². The van der Waals surface area contributed by atoms with Crippen molar-refractivity contribution in [1.29, 1.82) is 0 Å². The van der Waals surface area contributed by atoms with Gasteiger partial charge >= 0.3 is 5.97 Å². The molecule has 0 amide bonds. The topological polar surface area (TPSA) is 56.8 Å². The monoisotopic (exact) mass is 223 g/mol. The van der Waals surface area contributed by atoms with Crippen molar-refractivity contribution in [2.45, 2.75) is 18.2 Å². The van der Waals surface area contributed by atoms with E-state index in [2.05, 4.69) is 10.1 Å². The van der Waals surface area contributed by atoms with Crippen LogP contribution in [-0.2, 0) is 19.0 Å². The quantitative estimate of drug-likeness (QED) is 0.618. The third kappa shape index (κ3) is 2.00. The summed E-state index contributed by atoms with van der Waals surface area (Å²) in [5.41, 5.74) is 0. The largest absolute Gasteiger partial charge is 0.468 e. The summed E-state index contributed by atoms with van der Waals surface area (Å²) < 4.78 is 15.5. The summed E-state index contributed by atoms with van der Waals surface area (Å²) in [6.07, 6.45) is 0.541. The van der Waals surface area contributed by atoms with Crippen molar-refractivity contribution >= 4 is 18.4 Å². The Morgan fingerprint density at radius 2 is 2.14 bits per heavy atom. The molecule has 2 aliphatic heterocycles. The Labute approximate surface area is 88.5 Å². The number of ether oxygens (including phenoxy) is 3. The summed E-state index contributed by atoms with van der Waals surface area (Å²) in [5.74, 6) is -0.824. The number of carbonyl (C=O) groups excluding carboxylic acids is 1. The summed E-state index contributed by atoms with van der Waals surface area (Å²) in [6, 6.07) is -0.289. The van der Waals surface area contributed by atoms with Crippen LogP contribution >= 0.6 is 12.4 Å². The Hall–Kier alpha value is -0.360. The van der Waals surface area contributed by atoms with E-state index < -0.39 is 5.79 Å². The lowest BCUT2D eigenvalue weighted by atomic mass is 10.1. The van der Waals surface area contributed by atoms with E-state index in [1.807, 2.05) is 0 Å². The lowest BCUT2D eigenvalue weighted by Gasteiger charge is -2.19. The van der Waals surface area contributed by atoms with Crippen molar-refractivity contribution in [3.05, 3.63) is 0 Å². The van der Waals surface area contributed by atoms with Crippen molar-refractivity contribution in [3.63, 3.8) is 0 Å². The van der Waals surface area contributed by atoms with Crippen LogP contribution in [0.15, 0.2) is 0 Å². The Balaban J connectivity index is 0.000000980. The summed E-state index contributed by atoms with van der Waals surface area (Å²) in [4.78, 5) is 11.2. The van der Waals surface area contributed by atoms with E-state index in [-0.39, 0.29) is 24.4 Å². The first-order valence-electron chi connectivity index (χ1n) is 4.35. The SMILES string of the molecule is COC(=O)C1CC2(CN1)OCCO2.Cl. The minimum Gasteiger partial charge on any atom is -0.468 e. The minimum atomic E-state index is -0.571. The summed E-state index contributed by atoms with van der Waals surface area (Å²) in [6.45, 7) is 1.78. The number of hydrogen-bond acceptors (Lipinski definition) is 5. The van der Waals surface area contributed by atoms with Crippen LogP contribution < -0.4 is 5.32 Å². The van der Waals surface area contributed by atoms with Crippen LogP contribution in [0.5, 0.6) is 0 Å². The normalized spacial score (nSPS) is 28.8. The predicted molar refractivity (Wildman–Crippen MR) is 50.3 cm³/mol. The number of esters is 1. The third-order valence-corrected chi connectivity index (χ3v) is 2.43. The summed E-state index contributed by atoms with van der Waals surface area (Å²) in [7, 11) is 1.38. The molecule has 2 heterocycles. The molecule has 2 fully saturated rings. The van der Waals surface area contributed by atoms with Gasteiger partial charge in [0, 0.05) is 6.42 Å². The lowest BCUT2D eigenvalue weighted by Crippen LogP contribution is -2.32. The Morgan fingerprint density at radius 1 is 1.50 bits per heavy atom. The molecule has 2 saturated heterocycles. The van der Waals surface area contributed by atoms with Crippen molar-refractivity contribution in [3.8, 4) is 0 Å². The van der Waals surface area contributed by atoms with Crippen molar-refractivity contribution in [1.82, 2.24) is 5.32 Å². The van der Waals surface area contributed by atoms with E-state index in [0.29, 0.717) is 26.2 Å². The molecule has 6 heteroatoms. The molecule has 0 aliphatic carbocycles. The second kappa shape index (κ2) is 4.44. The zero-order valence-corrected chi connectivity index (χ0v) is 8.76. The number of methoxy groups -OCH3 is 1. The fourth-order valence-electron chi connectivity index (χ4n) is 1.76. The van der Waals surface area contributed by atoms with Gasteiger partial charge in [0.25, 0.3) is 0 Å². The maximum Gasteiger partial charge on any atom is 0.323 e. The maximum absolute atomic E-state index is 11.2. The molecular weight excluding hydrogens is 210 g/mol. The lowest BCUT2D eigenvalue weighted by molar-refractivity contribution is -0.152. The van der Waals surface area contributed by atoms with Gasteiger partial charge in [-0.1, -0.05) is 0 Å². The number of carbonyl (C=O) groups is 1. The molecule has 2 aliphatic rings. The number of hydrogen-bond donors (Lipinski definition) is 1. The van der Waals surface area contributed by atoms with Gasteiger partial charge in [-0.25, -0.2) is 0 Å². The van der Waals surface area contributed by atoms with Crippen LogP contribution in [0.25, 0.3) is 0 Å². The molecule has 0 saturated carbocycles. The first kappa shape index (κ1) is 11.7. The van der Waals surface area contributed by atoms with E-state index in [1.54, 1.807) is 0 Å². The minimum absolute atomic E-state index is 0. The fraction of sp³-hybridized carbons (Fsp3) is 0.875. The Bertz CT molecular complexity index is 217. The van der Waals surface area contributed by atoms with Crippen molar-refractivity contribution in [2.24, 2.45) is 0 Å². The van der Waals surface area contributed by atoms with E-state index >= 15 is 0 Å². The van der Waals surface area contributed by atoms with Crippen molar-refractivity contribution in [2.75, 3.05) is 26.9 Å². The number of rotatable bonds is 1. The van der Waals surface area contributed by atoms with Crippen LogP contribution in [0, 0.1) is 0 Å². The Morgan fingerprint density at radius 3 is 2.71 bits per heavy atom. The molecule has 1 atom stereocenters. The second-order valence-electron chi connectivity index (χ2n) is 3.27. The van der Waals surface area contributed by atoms with E-state index in [4.69, 9.17) is 9.47 Å². The molecule has 1 spiro atoms. The van der Waals surface area contributed by atoms with Gasteiger partial charge in [-0.2, -0.15) is 0 Å². The molecule has 0 aromatic rings. The van der Waals surface area contributed by atoms with Crippen LogP contribution in [-0.4, -0.2) is 44.7 Å². The summed E-state index contributed by atoms with van der Waals surface area (Å²) >= 11 is 0. The van der Waals surface area contributed by atoms with Crippen LogP contribution in [0.4, 0.5) is 0 Å². The molecule has 14 heavy (non-hydrogen) atoms. The van der Waals surface area contributed by atoms with Crippen LogP contribution in [0.2, 0.25) is 0 Å². The van der Waals surface area contributed by atoms with Gasteiger partial charge in [-0.05, 0) is 0 Å². The Kier molecular flexibility index (Phi) is 3.71. The molecule has 0 radical (unpaired) electrons. The zero-order valence-electron chi connectivity index (χ0n) is 7.95. The van der Waals surface area contributed by atoms with Gasteiger partial charge in [0.2, 0.25) is 0 Å². The smallest absolute Gasteiger partial charge is 0.323 e. The number of halogens is 1. The van der Waals surface area contributed by atoms with Gasteiger partial charge in [0.15, 0.2) is 5.79 Å². The van der Waals surface area contributed by atoms with Gasteiger partial charge in [0.1, 0.15) is 6.04 Å². The molecule has 82 valence electrons. The molecule has 5 nitrogen and oxygen atoms in total. The van der Waals surface area contributed by atoms with E-state index in [0.717, 1.165) is 0 Å². The maximum atomic E-state index is 11.2. The van der Waals surface area contributed by atoms with Gasteiger partial charge in [-0.15, -0.1) is 12.4 Å². The average Bonchev–Trinajstić information content (AvgIpc) is 2.76. The summed E-state index contributed by atoms with van der Waals surface area (Å²) in [5, 5.41) is 3.02.